The van der Waals surface area contributed by atoms with Crippen LogP contribution in [-0.2, 0) is 21.2 Å². The molecule has 1 amide bonds. The second kappa shape index (κ2) is 7.02. The van der Waals surface area contributed by atoms with Crippen LogP contribution >= 0.6 is 0 Å². The Kier molecular flexibility index (Phi) is 5.33. The maximum Gasteiger partial charge on any atom is 0.240 e. The first kappa shape index (κ1) is 15.9. The van der Waals surface area contributed by atoms with Gasteiger partial charge in [-0.15, -0.1) is 0 Å². The van der Waals surface area contributed by atoms with Gasteiger partial charge in [-0.05, 0) is 37.0 Å². The molecule has 0 heterocycles. The molecule has 1 aromatic rings. The third kappa shape index (κ3) is 5.11. The molecule has 0 aliphatic heterocycles. The van der Waals surface area contributed by atoms with E-state index in [-0.39, 0.29) is 30.0 Å². The van der Waals surface area contributed by atoms with Crippen molar-refractivity contribution in [2.75, 3.05) is 13.2 Å². The number of hydrogen-bond acceptors (Lipinski definition) is 4. The lowest BCUT2D eigenvalue weighted by atomic mass is 10.1. The number of aliphatic hydroxyl groups is 1. The number of sulfonamides is 1. The van der Waals surface area contributed by atoms with Crippen LogP contribution in [0.3, 0.4) is 0 Å². The van der Waals surface area contributed by atoms with Gasteiger partial charge in [0.05, 0.1) is 11.5 Å². The molecule has 0 aromatic heterocycles. The molecule has 21 heavy (non-hydrogen) atoms. The number of benzene rings is 1. The summed E-state index contributed by atoms with van der Waals surface area (Å²) in [5.74, 6) is -0.129. The van der Waals surface area contributed by atoms with Gasteiger partial charge in [-0.2, -0.15) is 0 Å². The minimum absolute atomic E-state index is 0.0771. The second-order valence-electron chi connectivity index (χ2n) is 5.11. The zero-order valence-electron chi connectivity index (χ0n) is 11.7. The molecule has 0 saturated heterocycles. The van der Waals surface area contributed by atoms with Crippen molar-refractivity contribution in [3.05, 3.63) is 29.8 Å². The Balaban J connectivity index is 1.88. The average Bonchev–Trinajstić information content (AvgIpc) is 3.26. The Labute approximate surface area is 124 Å². The normalized spacial score (nSPS) is 14.9. The lowest BCUT2D eigenvalue weighted by Gasteiger charge is -2.07. The van der Waals surface area contributed by atoms with E-state index in [1.807, 2.05) is 0 Å². The summed E-state index contributed by atoms with van der Waals surface area (Å²) in [5, 5.41) is 11.2. The van der Waals surface area contributed by atoms with Crippen molar-refractivity contribution in [2.24, 2.45) is 0 Å². The number of carbonyl (C=O) groups is 1. The SMILES string of the molecule is O=C(CCc1ccc(S(=O)(=O)NC2CC2)cc1)NCCO. The van der Waals surface area contributed by atoms with Gasteiger partial charge in [-0.3, -0.25) is 4.79 Å². The summed E-state index contributed by atoms with van der Waals surface area (Å²) < 4.78 is 26.6. The van der Waals surface area contributed by atoms with Crippen molar-refractivity contribution in [1.29, 1.82) is 0 Å². The van der Waals surface area contributed by atoms with Crippen molar-refractivity contribution in [1.82, 2.24) is 10.0 Å². The predicted molar refractivity (Wildman–Crippen MR) is 78.2 cm³/mol. The van der Waals surface area contributed by atoms with Gasteiger partial charge in [0.2, 0.25) is 15.9 Å². The Morgan fingerprint density at radius 3 is 2.48 bits per heavy atom. The van der Waals surface area contributed by atoms with Gasteiger partial charge in [-0.25, -0.2) is 13.1 Å². The third-order valence-electron chi connectivity index (χ3n) is 3.21. The molecule has 1 aliphatic rings. The van der Waals surface area contributed by atoms with E-state index in [1.165, 1.54) is 0 Å². The molecule has 1 saturated carbocycles. The highest BCUT2D eigenvalue weighted by molar-refractivity contribution is 7.89. The first-order valence-electron chi connectivity index (χ1n) is 7.00. The minimum atomic E-state index is -3.41. The molecule has 116 valence electrons. The number of rotatable bonds is 8. The maximum atomic E-state index is 12.0. The molecular weight excluding hydrogens is 292 g/mol. The second-order valence-corrected chi connectivity index (χ2v) is 6.83. The highest BCUT2D eigenvalue weighted by atomic mass is 32.2. The van der Waals surface area contributed by atoms with Crippen LogP contribution in [0.4, 0.5) is 0 Å². The number of amides is 1. The first-order chi connectivity index (χ1) is 10.0. The van der Waals surface area contributed by atoms with Crippen molar-refractivity contribution < 1.29 is 18.3 Å². The fourth-order valence-corrected chi connectivity index (χ4v) is 3.17. The van der Waals surface area contributed by atoms with Gasteiger partial charge in [0.15, 0.2) is 0 Å². The molecule has 6 nitrogen and oxygen atoms in total. The fourth-order valence-electron chi connectivity index (χ4n) is 1.87. The van der Waals surface area contributed by atoms with E-state index in [2.05, 4.69) is 10.0 Å². The predicted octanol–water partition coefficient (Wildman–Crippen LogP) is 0.168. The highest BCUT2D eigenvalue weighted by Crippen LogP contribution is 2.22. The smallest absolute Gasteiger partial charge is 0.240 e. The molecule has 0 bridgehead atoms. The molecule has 0 spiro atoms. The van der Waals surface area contributed by atoms with Crippen molar-refractivity contribution in [3.8, 4) is 0 Å². The lowest BCUT2D eigenvalue weighted by molar-refractivity contribution is -0.121. The minimum Gasteiger partial charge on any atom is -0.395 e. The summed E-state index contributed by atoms with van der Waals surface area (Å²) >= 11 is 0. The van der Waals surface area contributed by atoms with E-state index in [9.17, 15) is 13.2 Å². The number of carbonyl (C=O) groups excluding carboxylic acids is 1. The standard InChI is InChI=1S/C14H20N2O4S/c17-10-9-15-14(18)8-3-11-1-6-13(7-2-11)21(19,20)16-12-4-5-12/h1-2,6-7,12,16-17H,3-5,8-10H2,(H,15,18). The monoisotopic (exact) mass is 312 g/mol. The lowest BCUT2D eigenvalue weighted by Crippen LogP contribution is -2.26. The number of hydrogen-bond donors (Lipinski definition) is 3. The Bertz CT molecular complexity index is 579. The van der Waals surface area contributed by atoms with Crippen LogP contribution in [0.5, 0.6) is 0 Å². The van der Waals surface area contributed by atoms with Crippen LogP contribution in [0.15, 0.2) is 29.2 Å². The number of aliphatic hydroxyl groups excluding tert-OH is 1. The number of aryl methyl sites for hydroxylation is 1. The van der Waals surface area contributed by atoms with Crippen molar-refractivity contribution >= 4 is 15.9 Å². The molecular formula is C14H20N2O4S. The fraction of sp³-hybridized carbons (Fsp3) is 0.500. The molecule has 3 N–H and O–H groups in total. The van der Waals surface area contributed by atoms with Gasteiger partial charge in [-0.1, -0.05) is 12.1 Å². The van der Waals surface area contributed by atoms with E-state index < -0.39 is 10.0 Å². The summed E-state index contributed by atoms with van der Waals surface area (Å²) in [4.78, 5) is 11.7. The summed E-state index contributed by atoms with van der Waals surface area (Å²) in [7, 11) is -3.41. The molecule has 1 aliphatic carbocycles. The Hall–Kier alpha value is -1.44. The summed E-state index contributed by atoms with van der Waals surface area (Å²) in [6.07, 6.45) is 2.65. The molecule has 7 heteroatoms. The van der Waals surface area contributed by atoms with Crippen LogP contribution < -0.4 is 10.0 Å². The highest BCUT2D eigenvalue weighted by Gasteiger charge is 2.27. The largest absolute Gasteiger partial charge is 0.395 e. The molecule has 2 rings (SSSR count). The van der Waals surface area contributed by atoms with Crippen LogP contribution in [0.25, 0.3) is 0 Å². The first-order valence-corrected chi connectivity index (χ1v) is 8.48. The van der Waals surface area contributed by atoms with E-state index in [0.717, 1.165) is 18.4 Å². The maximum absolute atomic E-state index is 12.0. The quantitative estimate of drug-likeness (QED) is 0.637. The number of nitrogens with one attached hydrogen (secondary N) is 2. The van der Waals surface area contributed by atoms with E-state index in [0.29, 0.717) is 12.8 Å². The van der Waals surface area contributed by atoms with Gasteiger partial charge in [0, 0.05) is 19.0 Å². The van der Waals surface area contributed by atoms with Gasteiger partial charge >= 0.3 is 0 Å². The van der Waals surface area contributed by atoms with E-state index >= 15 is 0 Å². The van der Waals surface area contributed by atoms with Crippen LogP contribution in [0.1, 0.15) is 24.8 Å². The van der Waals surface area contributed by atoms with E-state index in [1.54, 1.807) is 24.3 Å². The van der Waals surface area contributed by atoms with Gasteiger partial charge in [0.1, 0.15) is 0 Å². The summed E-state index contributed by atoms with van der Waals surface area (Å²) in [5.41, 5.74) is 0.902. The Morgan fingerprint density at radius 2 is 1.90 bits per heavy atom. The summed E-state index contributed by atoms with van der Waals surface area (Å²) in [6.45, 7) is 0.176. The molecule has 1 aromatic carbocycles. The molecule has 1 fully saturated rings. The van der Waals surface area contributed by atoms with Crippen LogP contribution in [-0.4, -0.2) is 38.6 Å². The molecule has 0 radical (unpaired) electrons. The Morgan fingerprint density at radius 1 is 1.24 bits per heavy atom. The van der Waals surface area contributed by atoms with Gasteiger partial charge < -0.3 is 10.4 Å². The van der Waals surface area contributed by atoms with Crippen molar-refractivity contribution in [2.45, 2.75) is 36.6 Å². The van der Waals surface area contributed by atoms with E-state index in [4.69, 9.17) is 5.11 Å². The van der Waals surface area contributed by atoms with Gasteiger partial charge in [0.25, 0.3) is 0 Å². The third-order valence-corrected chi connectivity index (χ3v) is 4.74. The molecule has 0 unspecified atom stereocenters. The van der Waals surface area contributed by atoms with Crippen LogP contribution in [0.2, 0.25) is 0 Å². The van der Waals surface area contributed by atoms with Crippen molar-refractivity contribution in [3.63, 3.8) is 0 Å². The zero-order chi connectivity index (χ0) is 15.3. The topological polar surface area (TPSA) is 95.5 Å². The zero-order valence-corrected chi connectivity index (χ0v) is 12.5. The molecule has 0 atom stereocenters. The van der Waals surface area contributed by atoms with Crippen LogP contribution in [0, 0.1) is 0 Å². The summed E-state index contributed by atoms with van der Waals surface area (Å²) in [6, 6.07) is 6.66. The average molecular weight is 312 g/mol.